The van der Waals surface area contributed by atoms with Crippen LogP contribution in [-0.2, 0) is 14.3 Å². The lowest BCUT2D eigenvalue weighted by Crippen LogP contribution is -2.59. The Morgan fingerprint density at radius 2 is 1.95 bits per heavy atom. The molecule has 1 aliphatic rings. The highest BCUT2D eigenvalue weighted by Gasteiger charge is 2.57. The maximum Gasteiger partial charge on any atom is 0.408 e. The zero-order chi connectivity index (χ0) is 17.2. The highest BCUT2D eigenvalue weighted by molar-refractivity contribution is 5.70. The third-order valence-electron chi connectivity index (χ3n) is 3.24. The van der Waals surface area contributed by atoms with Crippen molar-refractivity contribution in [2.45, 2.75) is 50.9 Å². The zero-order valence-corrected chi connectivity index (χ0v) is 12.6. The van der Waals surface area contributed by atoms with E-state index in [-0.39, 0.29) is 13.0 Å². The van der Waals surface area contributed by atoms with E-state index in [9.17, 15) is 22.8 Å². The van der Waals surface area contributed by atoms with E-state index in [4.69, 9.17) is 14.6 Å². The Morgan fingerprint density at radius 1 is 1.36 bits per heavy atom. The molecule has 0 aromatic rings. The molecule has 128 valence electrons. The number of halogens is 3. The average Bonchev–Trinajstić information content (AvgIpc) is 2.70. The summed E-state index contributed by atoms with van der Waals surface area (Å²) in [5.41, 5.74) is -2.72. The van der Waals surface area contributed by atoms with Crippen LogP contribution in [0, 0.1) is 5.92 Å². The lowest BCUT2D eigenvalue weighted by molar-refractivity contribution is -0.202. The van der Waals surface area contributed by atoms with Crippen molar-refractivity contribution in [3.63, 3.8) is 0 Å². The Balaban J connectivity index is 3.02. The first-order valence-electron chi connectivity index (χ1n) is 6.73. The Bertz CT molecular complexity index is 424. The summed E-state index contributed by atoms with van der Waals surface area (Å²) in [6, 6.07) is 0. The van der Waals surface area contributed by atoms with Crippen molar-refractivity contribution in [1.29, 1.82) is 0 Å². The van der Waals surface area contributed by atoms with E-state index in [1.807, 2.05) is 0 Å². The predicted molar refractivity (Wildman–Crippen MR) is 69.3 cm³/mol. The van der Waals surface area contributed by atoms with Gasteiger partial charge in [-0.1, -0.05) is 0 Å². The smallest absolute Gasteiger partial charge is 0.408 e. The first-order valence-corrected chi connectivity index (χ1v) is 6.73. The van der Waals surface area contributed by atoms with E-state index in [1.165, 1.54) is 0 Å². The highest BCUT2D eigenvalue weighted by atomic mass is 19.4. The Morgan fingerprint density at radius 3 is 2.32 bits per heavy atom. The molecular weight excluding hydrogens is 307 g/mol. The summed E-state index contributed by atoms with van der Waals surface area (Å²) in [5.74, 6) is -3.85. The van der Waals surface area contributed by atoms with Crippen LogP contribution >= 0.6 is 0 Å². The number of rotatable bonds is 4. The molecule has 0 spiro atoms. The highest BCUT2D eigenvalue weighted by Crippen LogP contribution is 2.41. The SMILES string of the molecule is CC(C)(C)OC(=O)NC1(C(CC(=O)O)C(F)(F)F)CCOC1. The van der Waals surface area contributed by atoms with Crippen LogP contribution in [0.4, 0.5) is 18.0 Å². The minimum Gasteiger partial charge on any atom is -0.481 e. The second-order valence-corrected chi connectivity index (χ2v) is 6.28. The van der Waals surface area contributed by atoms with Gasteiger partial charge in [-0.15, -0.1) is 0 Å². The molecule has 22 heavy (non-hydrogen) atoms. The largest absolute Gasteiger partial charge is 0.481 e. The predicted octanol–water partition coefficient (Wildman–Crippen LogP) is 2.32. The molecule has 6 nitrogen and oxygen atoms in total. The van der Waals surface area contributed by atoms with Crippen LogP contribution in [0.25, 0.3) is 0 Å². The number of carboxylic acids is 1. The Hall–Kier alpha value is -1.51. The van der Waals surface area contributed by atoms with Crippen LogP contribution in [0.1, 0.15) is 33.6 Å². The van der Waals surface area contributed by atoms with Gasteiger partial charge in [0.05, 0.1) is 24.5 Å². The standard InChI is InChI=1S/C13H20F3NO5/c1-11(2,3)22-10(20)17-12(4-5-21-7-12)8(6-9(18)19)13(14,15)16/h8H,4-7H2,1-3H3,(H,17,20)(H,18,19). The molecule has 0 radical (unpaired) electrons. The number of ether oxygens (including phenoxy) is 2. The van der Waals surface area contributed by atoms with Crippen LogP contribution in [0.5, 0.6) is 0 Å². The lowest BCUT2D eigenvalue weighted by Gasteiger charge is -2.37. The molecular formula is C13H20F3NO5. The number of hydrogen-bond acceptors (Lipinski definition) is 4. The second-order valence-electron chi connectivity index (χ2n) is 6.28. The summed E-state index contributed by atoms with van der Waals surface area (Å²) in [7, 11) is 0. The molecule has 1 fully saturated rings. The maximum absolute atomic E-state index is 13.3. The van der Waals surface area contributed by atoms with Gasteiger partial charge in [-0.3, -0.25) is 4.79 Å². The molecule has 1 amide bonds. The van der Waals surface area contributed by atoms with E-state index in [0.717, 1.165) is 0 Å². The van der Waals surface area contributed by atoms with Crippen LogP contribution in [0.15, 0.2) is 0 Å². The lowest BCUT2D eigenvalue weighted by atomic mass is 9.80. The first-order chi connectivity index (χ1) is 9.86. The monoisotopic (exact) mass is 327 g/mol. The number of amides is 1. The summed E-state index contributed by atoms with van der Waals surface area (Å²) < 4.78 is 49.7. The van der Waals surface area contributed by atoms with Crippen molar-refractivity contribution in [3.8, 4) is 0 Å². The van der Waals surface area contributed by atoms with Gasteiger partial charge in [-0.05, 0) is 27.2 Å². The summed E-state index contributed by atoms with van der Waals surface area (Å²) in [4.78, 5) is 22.6. The summed E-state index contributed by atoms with van der Waals surface area (Å²) >= 11 is 0. The normalized spacial score (nSPS) is 23.9. The summed E-state index contributed by atoms with van der Waals surface area (Å²) in [5, 5.41) is 10.9. The van der Waals surface area contributed by atoms with Crippen molar-refractivity contribution in [3.05, 3.63) is 0 Å². The molecule has 1 aliphatic heterocycles. The van der Waals surface area contributed by atoms with Crippen molar-refractivity contribution >= 4 is 12.1 Å². The van der Waals surface area contributed by atoms with Crippen LogP contribution in [0.3, 0.4) is 0 Å². The van der Waals surface area contributed by atoms with Gasteiger partial charge in [0.2, 0.25) is 0 Å². The molecule has 2 unspecified atom stereocenters. The molecule has 2 N–H and O–H groups in total. The van der Waals surface area contributed by atoms with Crippen molar-refractivity contribution < 1.29 is 37.3 Å². The maximum atomic E-state index is 13.3. The van der Waals surface area contributed by atoms with Crippen molar-refractivity contribution in [1.82, 2.24) is 5.32 Å². The molecule has 9 heteroatoms. The number of carboxylic acid groups (broad SMARTS) is 1. The van der Waals surface area contributed by atoms with E-state index >= 15 is 0 Å². The Kier molecular flexibility index (Phi) is 5.32. The fraction of sp³-hybridized carbons (Fsp3) is 0.846. The molecule has 0 saturated carbocycles. The van der Waals surface area contributed by atoms with Gasteiger partial charge in [0.15, 0.2) is 0 Å². The van der Waals surface area contributed by atoms with Gasteiger partial charge in [-0.25, -0.2) is 4.79 Å². The van der Waals surface area contributed by atoms with Crippen LogP contribution in [-0.4, -0.2) is 47.7 Å². The number of hydrogen-bond donors (Lipinski definition) is 2. The average molecular weight is 327 g/mol. The van der Waals surface area contributed by atoms with Crippen LogP contribution in [0.2, 0.25) is 0 Å². The van der Waals surface area contributed by atoms with E-state index in [0.29, 0.717) is 0 Å². The molecule has 0 aliphatic carbocycles. The number of carbonyl (C=O) groups excluding carboxylic acids is 1. The van der Waals surface area contributed by atoms with Gasteiger partial charge in [0.25, 0.3) is 0 Å². The number of aliphatic carboxylic acids is 1. The quantitative estimate of drug-likeness (QED) is 0.828. The first kappa shape index (κ1) is 18.5. The molecule has 0 aromatic heterocycles. The molecule has 0 aromatic carbocycles. The van der Waals surface area contributed by atoms with Crippen molar-refractivity contribution in [2.24, 2.45) is 5.92 Å². The number of carbonyl (C=O) groups is 2. The van der Waals surface area contributed by atoms with E-state index in [2.05, 4.69) is 5.32 Å². The van der Waals surface area contributed by atoms with Gasteiger partial charge < -0.3 is 19.9 Å². The zero-order valence-electron chi connectivity index (χ0n) is 12.6. The van der Waals surface area contributed by atoms with E-state index < -0.39 is 48.3 Å². The van der Waals surface area contributed by atoms with Crippen molar-refractivity contribution in [2.75, 3.05) is 13.2 Å². The Labute approximate surface area is 126 Å². The van der Waals surface area contributed by atoms with Gasteiger partial charge in [-0.2, -0.15) is 13.2 Å². The molecule has 2 atom stereocenters. The number of nitrogens with one attached hydrogen (secondary N) is 1. The number of alkyl carbamates (subject to hydrolysis) is 1. The van der Waals surface area contributed by atoms with Gasteiger partial charge >= 0.3 is 18.2 Å². The van der Waals surface area contributed by atoms with Gasteiger partial charge in [0, 0.05) is 6.61 Å². The molecule has 1 saturated heterocycles. The summed E-state index contributed by atoms with van der Waals surface area (Å²) in [6.07, 6.45) is -7.11. The van der Waals surface area contributed by atoms with Crippen LogP contribution < -0.4 is 5.32 Å². The third kappa shape index (κ3) is 5.04. The molecule has 0 bridgehead atoms. The van der Waals surface area contributed by atoms with Gasteiger partial charge in [0.1, 0.15) is 5.60 Å². The summed E-state index contributed by atoms with van der Waals surface area (Å²) in [6.45, 7) is 4.31. The molecule has 1 heterocycles. The fourth-order valence-corrected chi connectivity index (χ4v) is 2.35. The topological polar surface area (TPSA) is 84.9 Å². The third-order valence-corrected chi connectivity index (χ3v) is 3.24. The fourth-order valence-electron chi connectivity index (χ4n) is 2.35. The minimum atomic E-state index is -4.79. The number of alkyl halides is 3. The second kappa shape index (κ2) is 6.31. The minimum absolute atomic E-state index is 0.00198. The van der Waals surface area contributed by atoms with E-state index in [1.54, 1.807) is 20.8 Å². The molecule has 1 rings (SSSR count).